The predicted octanol–water partition coefficient (Wildman–Crippen LogP) is 5.23. The van der Waals surface area contributed by atoms with Gasteiger partial charge in [0.1, 0.15) is 0 Å². The van der Waals surface area contributed by atoms with Gasteiger partial charge in [-0.25, -0.2) is 0 Å². The molecule has 0 saturated heterocycles. The fraction of sp³-hybridized carbons (Fsp3) is 1.00. The Kier molecular flexibility index (Phi) is 15.0. The normalized spacial score (nSPS) is 12.9. The molecule has 0 fully saturated rings. The molecule has 0 aliphatic carbocycles. The third-order valence-corrected chi connectivity index (χ3v) is 7.92. The molecule has 0 aliphatic rings. The fourth-order valence-electron chi connectivity index (χ4n) is 1.96. The van der Waals surface area contributed by atoms with E-state index in [1.54, 1.807) is 5.32 Å². The maximum absolute atomic E-state index is 2.42. The predicted molar refractivity (Wildman–Crippen MR) is 79.0 cm³/mol. The molecule has 0 aliphatic heterocycles. The minimum atomic E-state index is 0.902. The van der Waals surface area contributed by atoms with Crippen LogP contribution in [0.3, 0.4) is 0 Å². The monoisotopic (exact) mass is 358 g/mol. The summed E-state index contributed by atoms with van der Waals surface area (Å²) in [4.78, 5) is 1.11. The molecule has 0 nitrogen and oxygen atoms in total. The first-order chi connectivity index (χ1) is 7.85. The van der Waals surface area contributed by atoms with Gasteiger partial charge < -0.3 is 0 Å². The zero-order chi connectivity index (χ0) is 12.1. The molecule has 1 unspecified atom stereocenters. The van der Waals surface area contributed by atoms with E-state index in [-0.39, 0.29) is 0 Å². The quantitative estimate of drug-likeness (QED) is 0.332. The van der Waals surface area contributed by atoms with Crippen LogP contribution in [0, 0.1) is 0 Å². The Hall–Kier alpha value is 1.04. The van der Waals surface area contributed by atoms with Gasteiger partial charge in [0.05, 0.1) is 0 Å². The van der Waals surface area contributed by atoms with Crippen LogP contribution in [0.1, 0.15) is 64.7 Å². The molecule has 0 aromatic rings. The Balaban J connectivity index is 3.12. The maximum atomic E-state index is 2.42. The summed E-state index contributed by atoms with van der Waals surface area (Å²) in [6.45, 7) is 2.29. The van der Waals surface area contributed by atoms with Crippen LogP contribution in [0.5, 0.6) is 0 Å². The fourth-order valence-corrected chi connectivity index (χ4v) is 7.19. The van der Waals surface area contributed by atoms with Crippen LogP contribution in [-0.4, -0.2) is 29.9 Å². The van der Waals surface area contributed by atoms with Gasteiger partial charge in [0.15, 0.2) is 0 Å². The summed E-state index contributed by atoms with van der Waals surface area (Å²) in [6.07, 6.45) is 13.3. The number of hydrogen-bond acceptors (Lipinski definition) is 0. The molecule has 0 rings (SSSR count). The van der Waals surface area contributed by atoms with Crippen molar-refractivity contribution in [2.24, 2.45) is 0 Å². The van der Waals surface area contributed by atoms with E-state index in [1.807, 2.05) is 0 Å². The topological polar surface area (TPSA) is 0 Å². The van der Waals surface area contributed by atoms with Crippen molar-refractivity contribution in [1.82, 2.24) is 0 Å². The van der Waals surface area contributed by atoms with E-state index in [9.17, 15) is 0 Å². The van der Waals surface area contributed by atoms with Crippen LogP contribution in [0.15, 0.2) is 0 Å². The van der Waals surface area contributed by atoms with Gasteiger partial charge in [-0.15, -0.1) is 0 Å². The molecule has 0 N–H and O–H groups in total. The molecule has 0 radical (unpaired) electrons. The molecule has 98 valence electrons. The summed E-state index contributed by atoms with van der Waals surface area (Å²) in [7, 11) is 0. The Morgan fingerprint density at radius 3 is 1.88 bits per heavy atom. The van der Waals surface area contributed by atoms with Crippen molar-refractivity contribution in [3.8, 4) is 0 Å². The molecular weight excluding hydrogens is 326 g/mol. The zero-order valence-electron chi connectivity index (χ0n) is 11.5. The number of rotatable bonds is 12. The molecule has 2 heteroatoms. The van der Waals surface area contributed by atoms with Crippen LogP contribution in [0.4, 0.5) is 0 Å². The van der Waals surface area contributed by atoms with Crippen LogP contribution < -0.4 is 0 Å². The van der Waals surface area contributed by atoms with Crippen LogP contribution in [-0.2, 0) is 0 Å². The second kappa shape index (κ2) is 14.1. The summed E-state index contributed by atoms with van der Waals surface area (Å²) < 4.78 is 0. The third kappa shape index (κ3) is 11.5. The van der Waals surface area contributed by atoms with E-state index in [0.29, 0.717) is 0 Å². The molecular formula is C14H30Se2. The van der Waals surface area contributed by atoms with E-state index < -0.39 is 0 Å². The molecule has 16 heavy (non-hydrogen) atoms. The molecule has 0 heterocycles. The van der Waals surface area contributed by atoms with Crippen molar-refractivity contribution in [3.63, 3.8) is 0 Å². The van der Waals surface area contributed by atoms with Crippen molar-refractivity contribution in [3.05, 3.63) is 0 Å². The molecule has 1 atom stereocenters. The summed E-state index contributed by atoms with van der Waals surface area (Å²) >= 11 is 1.81. The summed E-state index contributed by atoms with van der Waals surface area (Å²) in [6, 6.07) is 0. The molecule has 0 bridgehead atoms. The summed E-state index contributed by atoms with van der Waals surface area (Å²) in [5.74, 6) is 4.81. The van der Waals surface area contributed by atoms with Crippen molar-refractivity contribution in [2.45, 2.75) is 86.5 Å². The summed E-state index contributed by atoms with van der Waals surface area (Å²) in [5, 5.41) is 1.54. The van der Waals surface area contributed by atoms with E-state index in [0.717, 1.165) is 34.7 Å². The molecule has 0 aromatic carbocycles. The van der Waals surface area contributed by atoms with Crippen molar-refractivity contribution >= 4 is 29.9 Å². The van der Waals surface area contributed by atoms with E-state index in [4.69, 9.17) is 0 Å². The van der Waals surface area contributed by atoms with Gasteiger partial charge in [0.25, 0.3) is 0 Å². The van der Waals surface area contributed by atoms with Crippen molar-refractivity contribution in [2.75, 3.05) is 0 Å². The zero-order valence-corrected chi connectivity index (χ0v) is 14.9. The van der Waals surface area contributed by atoms with Crippen molar-refractivity contribution in [1.29, 1.82) is 0 Å². The van der Waals surface area contributed by atoms with Gasteiger partial charge in [-0.05, 0) is 0 Å². The second-order valence-corrected chi connectivity index (χ2v) is 8.88. The molecule has 0 saturated carbocycles. The van der Waals surface area contributed by atoms with Crippen molar-refractivity contribution < 1.29 is 0 Å². The third-order valence-electron chi connectivity index (χ3n) is 3.07. The van der Waals surface area contributed by atoms with Gasteiger partial charge in [0.2, 0.25) is 0 Å². The van der Waals surface area contributed by atoms with Gasteiger partial charge in [-0.2, -0.15) is 0 Å². The second-order valence-electron chi connectivity index (χ2n) is 4.58. The molecule has 0 spiro atoms. The van der Waals surface area contributed by atoms with Gasteiger partial charge in [-0.1, -0.05) is 0 Å². The number of hydrogen-bond donors (Lipinski definition) is 0. The van der Waals surface area contributed by atoms with Crippen LogP contribution in [0.2, 0.25) is 21.8 Å². The summed E-state index contributed by atoms with van der Waals surface area (Å²) in [5.41, 5.74) is 0. The van der Waals surface area contributed by atoms with Crippen LogP contribution >= 0.6 is 0 Å². The van der Waals surface area contributed by atoms with Gasteiger partial charge >= 0.3 is 116 Å². The van der Waals surface area contributed by atoms with E-state index in [2.05, 4.69) is 18.6 Å². The van der Waals surface area contributed by atoms with Crippen LogP contribution in [0.25, 0.3) is 0 Å². The first-order valence-electron chi connectivity index (χ1n) is 6.86. The van der Waals surface area contributed by atoms with E-state index >= 15 is 0 Å². The first-order valence-corrected chi connectivity index (χ1v) is 12.5. The average molecular weight is 356 g/mol. The molecule has 0 aromatic heterocycles. The Morgan fingerprint density at radius 1 is 0.812 bits per heavy atom. The Labute approximate surface area is 116 Å². The number of unbranched alkanes of at least 4 members (excludes halogenated alkanes) is 7. The molecule has 0 amide bonds. The first kappa shape index (κ1) is 17.0. The Morgan fingerprint density at radius 2 is 1.38 bits per heavy atom. The van der Waals surface area contributed by atoms with E-state index in [1.165, 1.54) is 57.8 Å². The Bertz CT molecular complexity index is 126. The average Bonchev–Trinajstić information content (AvgIpc) is 2.31. The minimum absolute atomic E-state index is 0.902. The van der Waals surface area contributed by atoms with Gasteiger partial charge in [-0.3, -0.25) is 0 Å². The standard InChI is InChI=1S/C14H30Se2/c1-4-5-6-7-8-9-10-11-12-14(16-3)13-15-2/h14H,4-13H2,1-3H3. The SMILES string of the molecule is CCCCCCCCCCC(C[Se]C)[Se]C. The van der Waals surface area contributed by atoms with Gasteiger partial charge in [0, 0.05) is 0 Å².